The Morgan fingerprint density at radius 3 is 2.35 bits per heavy atom. The third-order valence-electron chi connectivity index (χ3n) is 4.70. The number of rotatable bonds is 6. The van der Waals surface area contributed by atoms with E-state index in [4.69, 9.17) is 5.11 Å². The highest BCUT2D eigenvalue weighted by atomic mass is 19.1. The zero-order chi connectivity index (χ0) is 22.7. The molecule has 7 nitrogen and oxygen atoms in total. The van der Waals surface area contributed by atoms with Gasteiger partial charge in [-0.1, -0.05) is 0 Å². The van der Waals surface area contributed by atoms with Gasteiger partial charge in [0.15, 0.2) is 0 Å². The smallest absolute Gasteiger partial charge is 0.256 e. The van der Waals surface area contributed by atoms with Crippen LogP contribution in [-0.2, 0) is 0 Å². The molecule has 0 saturated carbocycles. The van der Waals surface area contributed by atoms with Crippen LogP contribution in [-0.4, -0.2) is 51.8 Å². The molecule has 2 amide bonds. The number of benzene rings is 2. The second-order valence-electron chi connectivity index (χ2n) is 7.10. The second-order valence-corrected chi connectivity index (χ2v) is 7.10. The van der Waals surface area contributed by atoms with Gasteiger partial charge < -0.3 is 15.3 Å². The van der Waals surface area contributed by atoms with E-state index in [9.17, 15) is 18.4 Å². The molecule has 1 aromatic heterocycles. The molecule has 9 heteroatoms. The fourth-order valence-corrected chi connectivity index (χ4v) is 3.10. The summed E-state index contributed by atoms with van der Waals surface area (Å²) in [5.74, 6) is -3.42. The lowest BCUT2D eigenvalue weighted by Crippen LogP contribution is -2.30. The number of aliphatic hydroxyl groups is 1. The number of aromatic nitrogens is 2. The van der Waals surface area contributed by atoms with Gasteiger partial charge in [0, 0.05) is 30.9 Å². The van der Waals surface area contributed by atoms with Crippen molar-refractivity contribution in [2.45, 2.75) is 13.8 Å². The molecule has 0 spiro atoms. The highest BCUT2D eigenvalue weighted by molar-refractivity contribution is 6.05. The number of nitrogens with zero attached hydrogens (tertiary/aromatic N) is 3. The number of hydrogen-bond acceptors (Lipinski definition) is 4. The average Bonchev–Trinajstić information content (AvgIpc) is 3.07. The predicted molar refractivity (Wildman–Crippen MR) is 111 cm³/mol. The quantitative estimate of drug-likeness (QED) is 0.632. The highest BCUT2D eigenvalue weighted by Crippen LogP contribution is 2.22. The van der Waals surface area contributed by atoms with Crippen molar-refractivity contribution in [2.75, 3.05) is 25.5 Å². The summed E-state index contributed by atoms with van der Waals surface area (Å²) in [4.78, 5) is 26.0. The molecule has 3 aromatic rings. The minimum Gasteiger partial charge on any atom is -0.395 e. The van der Waals surface area contributed by atoms with E-state index in [2.05, 4.69) is 10.4 Å². The van der Waals surface area contributed by atoms with Crippen molar-refractivity contribution in [3.8, 4) is 5.69 Å². The van der Waals surface area contributed by atoms with Gasteiger partial charge in [-0.15, -0.1) is 0 Å². The summed E-state index contributed by atoms with van der Waals surface area (Å²) in [5, 5.41) is 15.7. The van der Waals surface area contributed by atoms with Gasteiger partial charge >= 0.3 is 0 Å². The first-order valence-electron chi connectivity index (χ1n) is 9.51. The molecular formula is C22H22F2N4O3. The van der Waals surface area contributed by atoms with Crippen LogP contribution >= 0.6 is 0 Å². The Morgan fingerprint density at radius 1 is 1.10 bits per heavy atom. The summed E-state index contributed by atoms with van der Waals surface area (Å²) in [6.45, 7) is 3.47. The van der Waals surface area contributed by atoms with Crippen LogP contribution in [0.4, 0.5) is 14.5 Å². The summed E-state index contributed by atoms with van der Waals surface area (Å²) in [6.07, 6.45) is 0. The van der Waals surface area contributed by atoms with Crippen molar-refractivity contribution in [3.05, 3.63) is 76.6 Å². The first-order chi connectivity index (χ1) is 14.7. The van der Waals surface area contributed by atoms with Crippen LogP contribution in [0.1, 0.15) is 32.1 Å². The number of carbonyl (C=O) groups is 2. The fraction of sp³-hybridized carbons (Fsp3) is 0.227. The maximum absolute atomic E-state index is 14.2. The third-order valence-corrected chi connectivity index (χ3v) is 4.70. The van der Waals surface area contributed by atoms with E-state index in [0.717, 1.165) is 28.0 Å². The molecule has 0 atom stereocenters. The molecule has 2 aromatic carbocycles. The van der Waals surface area contributed by atoms with E-state index in [1.165, 1.54) is 7.05 Å². The van der Waals surface area contributed by atoms with E-state index in [-0.39, 0.29) is 24.4 Å². The minimum atomic E-state index is -1.06. The summed E-state index contributed by atoms with van der Waals surface area (Å²) < 4.78 is 30.1. The van der Waals surface area contributed by atoms with Gasteiger partial charge in [0.05, 0.1) is 29.2 Å². The van der Waals surface area contributed by atoms with Crippen LogP contribution in [0.2, 0.25) is 0 Å². The first-order valence-corrected chi connectivity index (χ1v) is 9.51. The number of aryl methyl sites for hydroxylation is 2. The standard InChI is InChI=1S/C22H22F2N4O3/c1-13-10-14(2)28(26-13)16-6-4-15(5-7-16)21(30)25-20-11-17(18(23)12-19(20)24)22(31)27(3)8-9-29/h4-7,10-12,29H,8-9H2,1-3H3,(H,25,30). The third kappa shape index (κ3) is 4.77. The van der Waals surface area contributed by atoms with Crippen LogP contribution in [0, 0.1) is 25.5 Å². The lowest BCUT2D eigenvalue weighted by Gasteiger charge is -2.17. The van der Waals surface area contributed by atoms with Crippen molar-refractivity contribution in [3.63, 3.8) is 0 Å². The second kappa shape index (κ2) is 9.05. The number of anilines is 1. The van der Waals surface area contributed by atoms with Crippen molar-refractivity contribution in [2.24, 2.45) is 0 Å². The molecule has 0 unspecified atom stereocenters. The van der Waals surface area contributed by atoms with Crippen molar-refractivity contribution in [1.29, 1.82) is 0 Å². The normalized spacial score (nSPS) is 10.8. The molecule has 31 heavy (non-hydrogen) atoms. The van der Waals surface area contributed by atoms with E-state index in [1.807, 2.05) is 19.9 Å². The van der Waals surface area contributed by atoms with Gasteiger partial charge in [0.1, 0.15) is 11.6 Å². The lowest BCUT2D eigenvalue weighted by molar-refractivity contribution is 0.0762. The van der Waals surface area contributed by atoms with E-state index in [0.29, 0.717) is 6.07 Å². The Bertz CT molecular complexity index is 1130. The number of halogens is 2. The molecule has 0 aliphatic heterocycles. The van der Waals surface area contributed by atoms with Crippen molar-refractivity contribution in [1.82, 2.24) is 14.7 Å². The molecule has 0 saturated heterocycles. The summed E-state index contributed by atoms with van der Waals surface area (Å²) >= 11 is 0. The molecule has 162 valence electrons. The van der Waals surface area contributed by atoms with Gasteiger partial charge in [-0.05, 0) is 50.2 Å². The molecule has 0 radical (unpaired) electrons. The lowest BCUT2D eigenvalue weighted by atomic mass is 10.1. The van der Waals surface area contributed by atoms with Crippen LogP contribution in [0.25, 0.3) is 5.69 Å². The van der Waals surface area contributed by atoms with E-state index < -0.39 is 29.0 Å². The maximum atomic E-state index is 14.2. The maximum Gasteiger partial charge on any atom is 0.256 e. The molecule has 0 aliphatic rings. The SMILES string of the molecule is Cc1cc(C)n(-c2ccc(C(=O)Nc3cc(C(=O)N(C)CCO)c(F)cc3F)cc2)n1. The molecule has 1 heterocycles. The topological polar surface area (TPSA) is 87.5 Å². The van der Waals surface area contributed by atoms with Crippen LogP contribution < -0.4 is 5.32 Å². The predicted octanol–water partition coefficient (Wildman–Crippen LogP) is 3.08. The van der Waals surface area contributed by atoms with Gasteiger partial charge in [-0.3, -0.25) is 9.59 Å². The van der Waals surface area contributed by atoms with Crippen LogP contribution in [0.5, 0.6) is 0 Å². The first kappa shape index (κ1) is 22.1. The zero-order valence-corrected chi connectivity index (χ0v) is 17.3. The molecule has 3 rings (SSSR count). The largest absolute Gasteiger partial charge is 0.395 e. The average molecular weight is 428 g/mol. The highest BCUT2D eigenvalue weighted by Gasteiger charge is 2.20. The summed E-state index contributed by atoms with van der Waals surface area (Å²) in [6, 6.07) is 9.94. The molecule has 0 fully saturated rings. The van der Waals surface area contributed by atoms with E-state index >= 15 is 0 Å². The van der Waals surface area contributed by atoms with Gasteiger partial charge in [-0.2, -0.15) is 5.10 Å². The molecule has 0 bridgehead atoms. The summed E-state index contributed by atoms with van der Waals surface area (Å²) in [5.41, 5.74) is 2.07. The Labute approximate surface area is 177 Å². The van der Waals surface area contributed by atoms with Gasteiger partial charge in [0.2, 0.25) is 0 Å². The fourth-order valence-electron chi connectivity index (χ4n) is 3.10. The molecular weight excluding hydrogens is 406 g/mol. The monoisotopic (exact) mass is 428 g/mol. The number of hydrogen-bond donors (Lipinski definition) is 2. The molecule has 0 aliphatic carbocycles. The Kier molecular flexibility index (Phi) is 6.45. The number of nitrogens with one attached hydrogen (secondary N) is 1. The van der Waals surface area contributed by atoms with Crippen molar-refractivity contribution >= 4 is 17.5 Å². The number of carbonyl (C=O) groups excluding carboxylic acids is 2. The van der Waals surface area contributed by atoms with E-state index in [1.54, 1.807) is 28.9 Å². The minimum absolute atomic E-state index is 0.0149. The van der Waals surface area contributed by atoms with Crippen LogP contribution in [0.15, 0.2) is 42.5 Å². The number of amides is 2. The summed E-state index contributed by atoms with van der Waals surface area (Å²) in [7, 11) is 1.38. The number of likely N-dealkylation sites (N-methyl/N-ethyl adjacent to an activating group) is 1. The van der Waals surface area contributed by atoms with Crippen LogP contribution in [0.3, 0.4) is 0 Å². The molecule has 2 N–H and O–H groups in total. The van der Waals surface area contributed by atoms with Crippen molar-refractivity contribution < 1.29 is 23.5 Å². The van der Waals surface area contributed by atoms with Gasteiger partial charge in [-0.25, -0.2) is 13.5 Å². The zero-order valence-electron chi connectivity index (χ0n) is 17.3. The Morgan fingerprint density at radius 2 is 1.77 bits per heavy atom. The van der Waals surface area contributed by atoms with Gasteiger partial charge in [0.25, 0.3) is 11.8 Å². The Hall–Kier alpha value is -3.59. The Balaban J connectivity index is 1.82. The number of aliphatic hydroxyl groups excluding tert-OH is 1.